The highest BCUT2D eigenvalue weighted by molar-refractivity contribution is 6.06. The van der Waals surface area contributed by atoms with Crippen LogP contribution in [0.2, 0.25) is 0 Å². The van der Waals surface area contributed by atoms with Gasteiger partial charge in [0, 0.05) is 24.8 Å². The maximum absolute atomic E-state index is 12.4. The van der Waals surface area contributed by atoms with Crippen molar-refractivity contribution < 1.29 is 9.59 Å². The molecule has 3 amide bonds. The molecule has 1 saturated carbocycles. The third-order valence-corrected chi connectivity index (χ3v) is 4.93. The van der Waals surface area contributed by atoms with E-state index in [4.69, 9.17) is 0 Å². The maximum atomic E-state index is 12.4. The van der Waals surface area contributed by atoms with Gasteiger partial charge in [-0.15, -0.1) is 0 Å². The van der Waals surface area contributed by atoms with Crippen molar-refractivity contribution in [2.24, 2.45) is 0 Å². The highest BCUT2D eigenvalue weighted by atomic mass is 16.2. The molecule has 2 aliphatic heterocycles. The van der Waals surface area contributed by atoms with E-state index in [0.29, 0.717) is 32.0 Å². The molecule has 2 heterocycles. The summed E-state index contributed by atoms with van der Waals surface area (Å²) in [4.78, 5) is 26.4. The smallest absolute Gasteiger partial charge is 0.317 e. The van der Waals surface area contributed by atoms with Crippen LogP contribution in [0.25, 0.3) is 0 Å². The molecule has 3 aliphatic rings. The number of nitrogens with one attached hydrogen (secondary N) is 2. The van der Waals surface area contributed by atoms with Crippen LogP contribution in [-0.4, -0.2) is 36.0 Å². The number of benzene rings is 1. The second-order valence-corrected chi connectivity index (χ2v) is 6.29. The van der Waals surface area contributed by atoms with E-state index in [9.17, 15) is 9.59 Å². The van der Waals surface area contributed by atoms with Crippen molar-refractivity contribution in [1.82, 2.24) is 10.2 Å². The molecule has 1 spiro atoms. The van der Waals surface area contributed by atoms with E-state index in [0.717, 1.165) is 24.1 Å². The lowest BCUT2D eigenvalue weighted by molar-refractivity contribution is -0.122. The van der Waals surface area contributed by atoms with Gasteiger partial charge in [0.2, 0.25) is 5.91 Å². The van der Waals surface area contributed by atoms with Crippen molar-refractivity contribution in [2.75, 3.05) is 18.4 Å². The average molecular weight is 285 g/mol. The third kappa shape index (κ3) is 1.99. The molecule has 110 valence electrons. The van der Waals surface area contributed by atoms with E-state index in [-0.39, 0.29) is 11.9 Å². The zero-order valence-corrected chi connectivity index (χ0v) is 11.9. The number of hydrogen-bond acceptors (Lipinski definition) is 2. The summed E-state index contributed by atoms with van der Waals surface area (Å²) in [5.74, 6) is 0.0888. The molecule has 0 atom stereocenters. The monoisotopic (exact) mass is 285 g/mol. The number of nitrogens with zero attached hydrogens (tertiary/aromatic N) is 1. The number of carbonyl (C=O) groups excluding carboxylic acids is 2. The van der Waals surface area contributed by atoms with Crippen molar-refractivity contribution in [3.8, 4) is 0 Å². The molecule has 2 N–H and O–H groups in total. The Bertz CT molecular complexity index is 601. The largest absolute Gasteiger partial charge is 0.335 e. The van der Waals surface area contributed by atoms with E-state index in [1.54, 1.807) is 0 Å². The molecule has 5 heteroatoms. The first-order valence-corrected chi connectivity index (χ1v) is 7.65. The number of urea groups is 1. The SMILES string of the molecule is O=C(NC1CC1)N1CCC2(CC1)C(=O)Nc1ccccc12. The fourth-order valence-corrected chi connectivity index (χ4v) is 3.46. The fraction of sp³-hybridized carbons (Fsp3) is 0.500. The number of rotatable bonds is 1. The van der Waals surface area contributed by atoms with Gasteiger partial charge in [0.25, 0.3) is 0 Å². The van der Waals surface area contributed by atoms with Gasteiger partial charge in [0.05, 0.1) is 5.41 Å². The first-order valence-electron chi connectivity index (χ1n) is 7.65. The lowest BCUT2D eigenvalue weighted by Crippen LogP contribution is -2.51. The lowest BCUT2D eigenvalue weighted by Gasteiger charge is -2.37. The molecule has 2 fully saturated rings. The Morgan fingerprint density at radius 2 is 1.95 bits per heavy atom. The van der Waals surface area contributed by atoms with Crippen LogP contribution in [0.5, 0.6) is 0 Å². The summed E-state index contributed by atoms with van der Waals surface area (Å²) >= 11 is 0. The van der Waals surface area contributed by atoms with E-state index in [2.05, 4.69) is 10.6 Å². The van der Waals surface area contributed by atoms with Gasteiger partial charge in [0.1, 0.15) is 0 Å². The summed E-state index contributed by atoms with van der Waals surface area (Å²) < 4.78 is 0. The van der Waals surface area contributed by atoms with Crippen LogP contribution in [0, 0.1) is 0 Å². The van der Waals surface area contributed by atoms with Gasteiger partial charge in [-0.25, -0.2) is 4.79 Å². The molecule has 0 aromatic heterocycles. The summed E-state index contributed by atoms with van der Waals surface area (Å²) in [7, 11) is 0. The molecule has 1 saturated heterocycles. The fourth-order valence-electron chi connectivity index (χ4n) is 3.46. The molecule has 1 aliphatic carbocycles. The van der Waals surface area contributed by atoms with Crippen molar-refractivity contribution in [3.63, 3.8) is 0 Å². The molecule has 1 aromatic rings. The molecule has 21 heavy (non-hydrogen) atoms. The molecule has 5 nitrogen and oxygen atoms in total. The highest BCUT2D eigenvalue weighted by Crippen LogP contribution is 2.44. The van der Waals surface area contributed by atoms with E-state index >= 15 is 0 Å². The Kier molecular flexibility index (Phi) is 2.71. The van der Waals surface area contributed by atoms with Crippen molar-refractivity contribution in [1.29, 1.82) is 0 Å². The van der Waals surface area contributed by atoms with Gasteiger partial charge in [-0.2, -0.15) is 0 Å². The van der Waals surface area contributed by atoms with Crippen LogP contribution in [0.3, 0.4) is 0 Å². The molecule has 0 unspecified atom stereocenters. The normalized spacial score (nSPS) is 22.9. The third-order valence-electron chi connectivity index (χ3n) is 4.93. The topological polar surface area (TPSA) is 61.4 Å². The van der Waals surface area contributed by atoms with E-state index < -0.39 is 5.41 Å². The minimum absolute atomic E-state index is 0.0269. The molecular weight excluding hydrogens is 266 g/mol. The predicted octanol–water partition coefficient (Wildman–Crippen LogP) is 1.84. The number of hydrogen-bond donors (Lipinski definition) is 2. The molecule has 4 rings (SSSR count). The molecule has 1 aromatic carbocycles. The van der Waals surface area contributed by atoms with Gasteiger partial charge in [-0.3, -0.25) is 4.79 Å². The summed E-state index contributed by atoms with van der Waals surface area (Å²) in [5, 5.41) is 6.01. The van der Waals surface area contributed by atoms with E-state index in [1.807, 2.05) is 29.2 Å². The number of para-hydroxylation sites is 1. The highest BCUT2D eigenvalue weighted by Gasteiger charge is 2.48. The van der Waals surface area contributed by atoms with Gasteiger partial charge in [-0.05, 0) is 37.3 Å². The van der Waals surface area contributed by atoms with Gasteiger partial charge in [-0.1, -0.05) is 18.2 Å². The minimum Gasteiger partial charge on any atom is -0.335 e. The Balaban J connectivity index is 1.51. The molecule has 0 radical (unpaired) electrons. The van der Waals surface area contributed by atoms with Crippen LogP contribution in [0.15, 0.2) is 24.3 Å². The predicted molar refractivity (Wildman–Crippen MR) is 79.1 cm³/mol. The van der Waals surface area contributed by atoms with Crippen LogP contribution in [-0.2, 0) is 10.2 Å². The van der Waals surface area contributed by atoms with Crippen LogP contribution in [0.4, 0.5) is 10.5 Å². The summed E-state index contributed by atoms with van der Waals surface area (Å²) in [6.07, 6.45) is 3.60. The van der Waals surface area contributed by atoms with Crippen molar-refractivity contribution in [3.05, 3.63) is 29.8 Å². The quantitative estimate of drug-likeness (QED) is 0.827. The number of anilines is 1. The zero-order valence-electron chi connectivity index (χ0n) is 11.9. The Labute approximate surface area is 123 Å². The zero-order chi connectivity index (χ0) is 14.4. The molecular formula is C16H19N3O2. The Hall–Kier alpha value is -2.04. The van der Waals surface area contributed by atoms with Crippen LogP contribution >= 0.6 is 0 Å². The second-order valence-electron chi connectivity index (χ2n) is 6.29. The Morgan fingerprint density at radius 3 is 2.67 bits per heavy atom. The number of amides is 3. The van der Waals surface area contributed by atoms with Gasteiger partial charge >= 0.3 is 6.03 Å². The van der Waals surface area contributed by atoms with Crippen molar-refractivity contribution in [2.45, 2.75) is 37.1 Å². The first kappa shape index (κ1) is 12.7. The Morgan fingerprint density at radius 1 is 1.24 bits per heavy atom. The number of likely N-dealkylation sites (tertiary alicyclic amines) is 1. The standard InChI is InChI=1S/C16H19N3O2/c20-14-16(12-3-1-2-4-13(12)18-14)7-9-19(10-8-16)15(21)17-11-5-6-11/h1-4,11H,5-10H2,(H,17,21)(H,18,20). The van der Waals surface area contributed by atoms with Crippen molar-refractivity contribution >= 4 is 17.6 Å². The van der Waals surface area contributed by atoms with Crippen LogP contribution in [0.1, 0.15) is 31.2 Å². The minimum atomic E-state index is -0.438. The first-order chi connectivity index (χ1) is 10.2. The molecule has 0 bridgehead atoms. The maximum Gasteiger partial charge on any atom is 0.317 e. The van der Waals surface area contributed by atoms with Gasteiger partial charge < -0.3 is 15.5 Å². The van der Waals surface area contributed by atoms with E-state index in [1.165, 1.54) is 0 Å². The number of piperidine rings is 1. The summed E-state index contributed by atoms with van der Waals surface area (Å²) in [5.41, 5.74) is 1.59. The number of carbonyl (C=O) groups is 2. The average Bonchev–Trinajstić information content (AvgIpc) is 3.27. The van der Waals surface area contributed by atoms with Gasteiger partial charge in [0.15, 0.2) is 0 Å². The lowest BCUT2D eigenvalue weighted by atomic mass is 9.74. The number of fused-ring (bicyclic) bond motifs is 2. The summed E-state index contributed by atoms with van der Waals surface area (Å²) in [6, 6.07) is 8.31. The summed E-state index contributed by atoms with van der Waals surface area (Å²) in [6.45, 7) is 1.28. The second kappa shape index (κ2) is 4.48. The van der Waals surface area contributed by atoms with Crippen LogP contribution < -0.4 is 10.6 Å².